The van der Waals surface area contributed by atoms with Crippen LogP contribution in [-0.4, -0.2) is 126 Å². The van der Waals surface area contributed by atoms with Gasteiger partial charge in [0.15, 0.2) is 5.69 Å². The number of imide groups is 1. The number of amides is 4. The van der Waals surface area contributed by atoms with E-state index in [1.807, 2.05) is 30.3 Å². The number of carbonyl (C=O) groups is 4. The molecule has 11 rings (SSSR count). The standard InChI is InChI=1S/C62H72ClN11O9S/c1-62(2)21-19-43(52(33-62)41-6-8-45(63)9-7-41)35-64-23-24-65-46-10-15-51(56(31-46)83-48-30-42-20-22-66-58(42)68-36-48)59(76)70-84(81,82)49-13-16-53(55(32-49)74(79)80)67-34-39-3-11-47(12-4-39)72-27-25-71(26-28-72)37-40-5-14-50-44(29-40)38-73(61(50)78)54-17-18-57(75)69-60(54)77/h5-10,13-16,20,22,29-32,36,39,47,54,64-65,67,74,79H,3-4,11-12,17-19,21,23-28,33-35,37-38H2,1-2H3,(H,66,68)(H,70,76)(H,69,75,77)/t39-,47+,54?. The van der Waals surface area contributed by atoms with Crippen molar-refractivity contribution in [2.24, 2.45) is 11.3 Å². The number of sulfonamides is 1. The third-order valence-electron chi connectivity index (χ3n) is 17.3. The molecule has 8 N–H and O–H groups in total. The number of carbonyl (C=O) groups excluding carboxylic acids is 4. The molecule has 2 atom stereocenters. The average molecular weight is 1180 g/mol. The van der Waals surface area contributed by atoms with Gasteiger partial charge >= 0.3 is 0 Å². The first-order valence-corrected chi connectivity index (χ1v) is 30.9. The van der Waals surface area contributed by atoms with Crippen LogP contribution >= 0.6 is 11.6 Å². The summed E-state index contributed by atoms with van der Waals surface area (Å²) in [6, 6.07) is 26.0. The van der Waals surface area contributed by atoms with Gasteiger partial charge in [-0.05, 0) is 140 Å². The molecule has 0 spiro atoms. The molecule has 0 radical (unpaired) electrons. The van der Waals surface area contributed by atoms with Crippen LogP contribution in [0.1, 0.15) is 109 Å². The van der Waals surface area contributed by atoms with Crippen molar-refractivity contribution in [3.63, 3.8) is 0 Å². The van der Waals surface area contributed by atoms with Gasteiger partial charge in [0.1, 0.15) is 23.2 Å². The number of anilines is 2. The molecule has 0 bridgehead atoms. The fourth-order valence-electron chi connectivity index (χ4n) is 12.5. The summed E-state index contributed by atoms with van der Waals surface area (Å²) in [5.41, 5.74) is 8.02. The van der Waals surface area contributed by atoms with Crippen LogP contribution < -0.4 is 36.0 Å². The first-order valence-electron chi connectivity index (χ1n) is 29.0. The van der Waals surface area contributed by atoms with Crippen LogP contribution in [0.15, 0.2) is 114 Å². The van der Waals surface area contributed by atoms with E-state index < -0.39 is 33.1 Å². The van der Waals surface area contributed by atoms with Crippen LogP contribution in [0.25, 0.3) is 16.6 Å². The van der Waals surface area contributed by atoms with Crippen molar-refractivity contribution in [3.8, 4) is 11.5 Å². The van der Waals surface area contributed by atoms with Crippen LogP contribution in [-0.2, 0) is 32.7 Å². The Morgan fingerprint density at radius 1 is 0.905 bits per heavy atom. The second-order valence-corrected chi connectivity index (χ2v) is 25.8. The van der Waals surface area contributed by atoms with E-state index in [-0.39, 0.29) is 57.2 Å². The number of nitrogens with zero attached hydrogens (tertiary/aromatic N) is 4. The van der Waals surface area contributed by atoms with Crippen LogP contribution in [0.5, 0.6) is 11.5 Å². The lowest BCUT2D eigenvalue weighted by Gasteiger charge is -2.42. The number of hydrogen-bond acceptors (Lipinski definition) is 15. The number of quaternary nitrogens is 1. The Kier molecular flexibility index (Phi) is 17.5. The highest BCUT2D eigenvalue weighted by molar-refractivity contribution is 7.90. The second kappa shape index (κ2) is 25.2. The molecule has 84 heavy (non-hydrogen) atoms. The van der Waals surface area contributed by atoms with Crippen LogP contribution in [0.3, 0.4) is 0 Å². The second-order valence-electron chi connectivity index (χ2n) is 23.6. The summed E-state index contributed by atoms with van der Waals surface area (Å²) in [5.74, 6) is -1.17. The van der Waals surface area contributed by atoms with Crippen molar-refractivity contribution in [2.75, 3.05) is 63.0 Å². The number of benzene rings is 4. The normalized spacial score (nSPS) is 20.8. The summed E-state index contributed by atoms with van der Waals surface area (Å²) in [5, 5.41) is 35.8. The maximum atomic E-state index is 14.0. The molecular weight excluding hydrogens is 1110 g/mol. The highest BCUT2D eigenvalue weighted by Crippen LogP contribution is 2.43. The summed E-state index contributed by atoms with van der Waals surface area (Å²) < 4.78 is 36.3. The minimum atomic E-state index is -4.58. The maximum Gasteiger partial charge on any atom is 0.268 e. The SMILES string of the molecule is CC1(C)CCC(CNCCNc2ccc(C(=O)NS(=O)(=O)c3ccc(NC[C@H]4CC[C@@H](N5CCN(Cc6ccc7c(c6)CN(C6CCC(=O)NC6=O)C7=O)CC5)CC4)c([NH+]([O-])O)c3)c(Oc3cnc4[nH]ccc4c3)c2)=C(c2ccc(Cl)cc2)C1. The summed E-state index contributed by atoms with van der Waals surface area (Å²) >= 11 is 6.22. The number of piperazine rings is 1. The number of H-pyrrole nitrogens is 1. The molecule has 3 fully saturated rings. The summed E-state index contributed by atoms with van der Waals surface area (Å²) in [6.07, 6.45) is 10.8. The zero-order chi connectivity index (χ0) is 58.7. The van der Waals surface area contributed by atoms with Crippen molar-refractivity contribution < 1.29 is 42.8 Å². The van der Waals surface area contributed by atoms with E-state index in [1.54, 1.807) is 29.3 Å². The fourth-order valence-corrected chi connectivity index (χ4v) is 13.6. The smallest absolute Gasteiger partial charge is 0.268 e. The Bertz CT molecular complexity index is 3590. The quantitative estimate of drug-likeness (QED) is 0.0207. The number of aromatic amines is 1. The number of nitrogens with one attached hydrogen (secondary N) is 7. The number of halogens is 1. The number of rotatable bonds is 20. The highest BCUT2D eigenvalue weighted by atomic mass is 35.5. The number of fused-ring (bicyclic) bond motifs is 2. The van der Waals surface area contributed by atoms with Crippen molar-refractivity contribution in [1.82, 2.24) is 40.0 Å². The van der Waals surface area contributed by atoms with E-state index in [1.165, 1.54) is 41.1 Å². The molecule has 6 aromatic rings. The van der Waals surface area contributed by atoms with Crippen LogP contribution in [0.4, 0.5) is 17.1 Å². The van der Waals surface area contributed by atoms with Gasteiger partial charge in [-0.25, -0.2) is 23.3 Å². The molecule has 2 aliphatic carbocycles. The first-order chi connectivity index (χ1) is 40.4. The Hall–Kier alpha value is -7.21. The molecule has 3 aliphatic heterocycles. The Balaban J connectivity index is 0.669. The molecule has 2 saturated heterocycles. The summed E-state index contributed by atoms with van der Waals surface area (Å²) in [7, 11) is -4.58. The van der Waals surface area contributed by atoms with Gasteiger partial charge in [-0.1, -0.05) is 55.3 Å². The Labute approximate surface area is 493 Å². The number of pyridine rings is 1. The number of ether oxygens (including phenoxy) is 1. The third kappa shape index (κ3) is 13.6. The molecule has 1 saturated carbocycles. The van der Waals surface area contributed by atoms with Crippen molar-refractivity contribution >= 4 is 78.9 Å². The number of aromatic nitrogens is 2. The lowest BCUT2D eigenvalue weighted by Crippen LogP contribution is -2.99. The van der Waals surface area contributed by atoms with E-state index in [4.69, 9.17) is 16.3 Å². The Morgan fingerprint density at radius 2 is 1.70 bits per heavy atom. The minimum absolute atomic E-state index is 0.0675. The van der Waals surface area contributed by atoms with Gasteiger partial charge in [0.2, 0.25) is 11.8 Å². The van der Waals surface area contributed by atoms with Gasteiger partial charge in [0.25, 0.3) is 21.8 Å². The number of piperidine rings is 1. The average Bonchev–Trinajstić information content (AvgIpc) is 2.84. The highest BCUT2D eigenvalue weighted by Gasteiger charge is 2.39. The van der Waals surface area contributed by atoms with Crippen molar-refractivity contribution in [1.29, 1.82) is 0 Å². The molecule has 5 aliphatic rings. The van der Waals surface area contributed by atoms with Gasteiger partial charge in [0.05, 0.1) is 22.3 Å². The lowest BCUT2D eigenvalue weighted by atomic mass is 9.72. The van der Waals surface area contributed by atoms with Crippen LogP contribution in [0.2, 0.25) is 5.02 Å². The van der Waals surface area contributed by atoms with Gasteiger partial charge in [-0.15, -0.1) is 0 Å². The molecule has 5 heterocycles. The van der Waals surface area contributed by atoms with Gasteiger partial charge in [-0.2, -0.15) is 5.23 Å². The molecule has 2 unspecified atom stereocenters. The molecule has 4 aromatic carbocycles. The summed E-state index contributed by atoms with van der Waals surface area (Å²) in [6.45, 7) is 11.8. The van der Waals surface area contributed by atoms with E-state index in [0.29, 0.717) is 66.3 Å². The summed E-state index contributed by atoms with van der Waals surface area (Å²) in [4.78, 5) is 65.1. The molecular formula is C62H72ClN11O9S. The van der Waals surface area contributed by atoms with Gasteiger partial charge in [0, 0.05) is 118 Å². The molecule has 442 valence electrons. The molecule has 4 amide bonds. The molecule has 22 heteroatoms. The third-order valence-corrected chi connectivity index (χ3v) is 18.8. The van der Waals surface area contributed by atoms with E-state index in [2.05, 4.69) is 77.8 Å². The zero-order valence-electron chi connectivity index (χ0n) is 47.3. The maximum absolute atomic E-state index is 14.0. The van der Waals surface area contributed by atoms with Crippen molar-refractivity contribution in [3.05, 3.63) is 147 Å². The minimum Gasteiger partial charge on any atom is -0.595 e. The number of allylic oxidation sites excluding steroid dienone is 1. The van der Waals surface area contributed by atoms with E-state index in [9.17, 15) is 38.0 Å². The largest absolute Gasteiger partial charge is 0.595 e. The fraction of sp³-hybridized carbons (Fsp3) is 0.403. The van der Waals surface area contributed by atoms with Crippen LogP contribution in [0, 0.1) is 16.5 Å². The molecule has 20 nitrogen and oxygen atoms in total. The Morgan fingerprint density at radius 3 is 2.48 bits per heavy atom. The van der Waals surface area contributed by atoms with E-state index in [0.717, 1.165) is 107 Å². The topological polar surface area (TPSA) is 258 Å². The number of hydrogen-bond donors (Lipinski definition) is 8. The van der Waals surface area contributed by atoms with E-state index >= 15 is 0 Å². The van der Waals surface area contributed by atoms with Gasteiger partial charge < -0.3 is 35.8 Å². The monoisotopic (exact) mass is 1180 g/mol. The lowest BCUT2D eigenvalue weighted by molar-refractivity contribution is -0.990. The first kappa shape index (κ1) is 58.6. The predicted molar refractivity (Wildman–Crippen MR) is 320 cm³/mol. The van der Waals surface area contributed by atoms with Crippen molar-refractivity contribution in [2.45, 2.75) is 102 Å². The van der Waals surface area contributed by atoms with Gasteiger partial charge in [-0.3, -0.25) is 34.3 Å². The molecule has 2 aromatic heterocycles. The zero-order valence-corrected chi connectivity index (χ0v) is 48.8. The predicted octanol–water partition coefficient (Wildman–Crippen LogP) is 7.75.